The van der Waals surface area contributed by atoms with Crippen molar-refractivity contribution in [3.63, 3.8) is 0 Å². The first-order chi connectivity index (χ1) is 5.33. The molecule has 0 amide bonds. The summed E-state index contributed by atoms with van der Waals surface area (Å²) < 4.78 is 4.95. The molecule has 0 spiro atoms. The van der Waals surface area contributed by atoms with Crippen LogP contribution in [0.5, 0.6) is 0 Å². The SMILES string of the molecule is CC(C)NP(=S)(Cl)OC=C(Cl)Cl. The van der Waals surface area contributed by atoms with Gasteiger partial charge >= 0.3 is 0 Å². The zero-order chi connectivity index (χ0) is 9.78. The monoisotopic (exact) mass is 267 g/mol. The zero-order valence-electron chi connectivity index (χ0n) is 6.55. The quantitative estimate of drug-likeness (QED) is 0.620. The predicted octanol–water partition coefficient (Wildman–Crippen LogP) is 3.74. The third-order valence-electron chi connectivity index (χ3n) is 0.690. The lowest BCUT2D eigenvalue weighted by Crippen LogP contribution is -2.17. The molecule has 1 atom stereocenters. The van der Waals surface area contributed by atoms with E-state index in [0.29, 0.717) is 0 Å². The Morgan fingerprint density at radius 1 is 1.58 bits per heavy atom. The Balaban J connectivity index is 4.06. The van der Waals surface area contributed by atoms with E-state index in [1.165, 1.54) is 0 Å². The number of nitrogens with one attached hydrogen (secondary N) is 1. The Kier molecular flexibility index (Phi) is 6.17. The topological polar surface area (TPSA) is 21.3 Å². The van der Waals surface area contributed by atoms with Crippen molar-refractivity contribution in [3.05, 3.63) is 10.8 Å². The fourth-order valence-corrected chi connectivity index (χ4v) is 3.05. The van der Waals surface area contributed by atoms with Gasteiger partial charge in [-0.1, -0.05) is 23.2 Å². The highest BCUT2D eigenvalue weighted by Gasteiger charge is 2.14. The smallest absolute Gasteiger partial charge is 0.268 e. The molecule has 0 aromatic rings. The summed E-state index contributed by atoms with van der Waals surface area (Å²) in [7, 11) is 0. The van der Waals surface area contributed by atoms with Crippen molar-refractivity contribution in [1.29, 1.82) is 0 Å². The molecule has 1 N–H and O–H groups in total. The van der Waals surface area contributed by atoms with Crippen LogP contribution in [0.25, 0.3) is 0 Å². The number of halogens is 3. The summed E-state index contributed by atoms with van der Waals surface area (Å²) in [5, 5.41) is 2.88. The molecule has 1 unspecified atom stereocenters. The van der Waals surface area contributed by atoms with Gasteiger partial charge in [-0.2, -0.15) is 0 Å². The van der Waals surface area contributed by atoms with Crippen molar-refractivity contribution in [1.82, 2.24) is 5.09 Å². The fourth-order valence-electron chi connectivity index (χ4n) is 0.446. The van der Waals surface area contributed by atoms with E-state index in [1.807, 2.05) is 13.8 Å². The summed E-state index contributed by atoms with van der Waals surface area (Å²) in [6.45, 7) is 3.83. The van der Waals surface area contributed by atoms with Crippen molar-refractivity contribution in [2.45, 2.75) is 19.9 Å². The van der Waals surface area contributed by atoms with Crippen molar-refractivity contribution in [2.75, 3.05) is 0 Å². The molecule has 0 aliphatic heterocycles. The largest absolute Gasteiger partial charge is 0.446 e. The fraction of sp³-hybridized carbons (Fsp3) is 0.600. The van der Waals surface area contributed by atoms with Crippen LogP contribution in [0.1, 0.15) is 13.8 Å². The van der Waals surface area contributed by atoms with E-state index in [9.17, 15) is 0 Å². The Hall–Kier alpha value is 1.02. The first-order valence-corrected chi connectivity index (χ1v) is 7.48. The first-order valence-electron chi connectivity index (χ1n) is 3.10. The molecule has 72 valence electrons. The first kappa shape index (κ1) is 13.0. The Morgan fingerprint density at radius 3 is 2.42 bits per heavy atom. The average molecular weight is 269 g/mol. The molecule has 0 saturated carbocycles. The van der Waals surface area contributed by atoms with Gasteiger partial charge in [0.05, 0.1) is 0 Å². The second-order valence-corrected chi connectivity index (χ2v) is 8.28. The van der Waals surface area contributed by atoms with Gasteiger partial charge in [-0.3, -0.25) is 0 Å². The normalized spacial score (nSPS) is 15.5. The van der Waals surface area contributed by atoms with Gasteiger partial charge in [0.2, 0.25) is 0 Å². The molecule has 0 aromatic heterocycles. The molecular formula is C5H9Cl3NOPS. The number of rotatable bonds is 4. The van der Waals surface area contributed by atoms with Crippen LogP contribution in [0.4, 0.5) is 0 Å². The van der Waals surface area contributed by atoms with Crippen LogP contribution >= 0.6 is 40.2 Å². The van der Waals surface area contributed by atoms with Gasteiger partial charge in [-0.05, 0) is 36.9 Å². The van der Waals surface area contributed by atoms with E-state index in [2.05, 4.69) is 5.09 Å². The van der Waals surface area contributed by atoms with E-state index in [1.54, 1.807) is 0 Å². The highest BCUT2D eigenvalue weighted by Crippen LogP contribution is 2.49. The Morgan fingerprint density at radius 2 is 2.08 bits per heavy atom. The minimum absolute atomic E-state index is 0.00423. The van der Waals surface area contributed by atoms with E-state index >= 15 is 0 Å². The van der Waals surface area contributed by atoms with Gasteiger partial charge in [0.1, 0.15) is 10.8 Å². The van der Waals surface area contributed by atoms with Crippen molar-refractivity contribution < 1.29 is 4.52 Å². The van der Waals surface area contributed by atoms with Crippen LogP contribution in [-0.4, -0.2) is 6.04 Å². The molecule has 7 heteroatoms. The van der Waals surface area contributed by atoms with E-state index < -0.39 is 5.77 Å². The van der Waals surface area contributed by atoms with Crippen molar-refractivity contribution >= 4 is 52.0 Å². The van der Waals surface area contributed by atoms with Crippen LogP contribution < -0.4 is 5.09 Å². The molecule has 12 heavy (non-hydrogen) atoms. The van der Waals surface area contributed by atoms with Crippen molar-refractivity contribution in [2.24, 2.45) is 0 Å². The molecule has 0 aliphatic rings. The van der Waals surface area contributed by atoms with Gasteiger partial charge in [-0.15, -0.1) is 0 Å². The molecule has 0 fully saturated rings. The van der Waals surface area contributed by atoms with Gasteiger partial charge in [-0.25, -0.2) is 5.09 Å². The summed E-state index contributed by atoms with van der Waals surface area (Å²) in [5.41, 5.74) is 0. The van der Waals surface area contributed by atoms with E-state index in [-0.39, 0.29) is 10.5 Å². The lowest BCUT2D eigenvalue weighted by Gasteiger charge is -2.17. The van der Waals surface area contributed by atoms with Gasteiger partial charge in [0.15, 0.2) is 0 Å². The maximum Gasteiger partial charge on any atom is 0.268 e. The molecule has 0 radical (unpaired) electrons. The van der Waals surface area contributed by atoms with Crippen LogP contribution in [0, 0.1) is 0 Å². The highest BCUT2D eigenvalue weighted by molar-refractivity contribution is 8.23. The molecule has 0 bridgehead atoms. The van der Waals surface area contributed by atoms with Crippen LogP contribution in [0.2, 0.25) is 0 Å². The minimum Gasteiger partial charge on any atom is -0.446 e. The third kappa shape index (κ3) is 7.66. The van der Waals surface area contributed by atoms with Gasteiger partial charge in [0, 0.05) is 6.04 Å². The predicted molar refractivity (Wildman–Crippen MR) is 59.3 cm³/mol. The maximum atomic E-state index is 5.81. The van der Waals surface area contributed by atoms with Gasteiger partial charge in [0.25, 0.3) is 5.77 Å². The molecule has 0 aromatic carbocycles. The summed E-state index contributed by atoms with van der Waals surface area (Å²) in [6.07, 6.45) is 1.13. The minimum atomic E-state index is -2.49. The molecule has 0 aliphatic carbocycles. The number of hydrogen-bond donors (Lipinski definition) is 1. The molecule has 2 nitrogen and oxygen atoms in total. The summed E-state index contributed by atoms with van der Waals surface area (Å²) in [5.74, 6) is -2.49. The van der Waals surface area contributed by atoms with Crippen LogP contribution in [0.3, 0.4) is 0 Å². The molecule has 0 heterocycles. The second-order valence-electron chi connectivity index (χ2n) is 2.28. The lowest BCUT2D eigenvalue weighted by atomic mass is 10.4. The van der Waals surface area contributed by atoms with Crippen molar-refractivity contribution in [3.8, 4) is 0 Å². The summed E-state index contributed by atoms with van der Waals surface area (Å²) in [6, 6.07) is 0.163. The number of hydrogen-bond acceptors (Lipinski definition) is 2. The van der Waals surface area contributed by atoms with Crippen LogP contribution in [-0.2, 0) is 16.3 Å². The average Bonchev–Trinajstić information content (AvgIpc) is 1.81. The lowest BCUT2D eigenvalue weighted by molar-refractivity contribution is 0.524. The van der Waals surface area contributed by atoms with Crippen LogP contribution in [0.15, 0.2) is 10.8 Å². The summed E-state index contributed by atoms with van der Waals surface area (Å²) >= 11 is 21.3. The third-order valence-corrected chi connectivity index (χ3v) is 3.18. The van der Waals surface area contributed by atoms with Gasteiger partial charge < -0.3 is 4.52 Å². The zero-order valence-corrected chi connectivity index (χ0v) is 10.5. The standard InChI is InChI=1S/C5H9Cl3NOPS/c1-4(2)9-11(8,12)10-3-5(6)7/h3-4H,1-2H3,(H,9,12). The highest BCUT2D eigenvalue weighted by atomic mass is 35.7. The summed E-state index contributed by atoms with van der Waals surface area (Å²) in [4.78, 5) is 0. The molecule has 0 rings (SSSR count). The Labute approximate surface area is 92.1 Å². The second kappa shape index (κ2) is 5.69. The van der Waals surface area contributed by atoms with E-state index in [4.69, 9.17) is 50.8 Å². The molecular weight excluding hydrogens is 259 g/mol. The van der Waals surface area contributed by atoms with E-state index in [0.717, 1.165) is 6.26 Å². The molecule has 0 saturated heterocycles. The maximum absolute atomic E-state index is 5.81. The Bertz CT molecular complexity index is 217.